The van der Waals surface area contributed by atoms with E-state index in [4.69, 9.17) is 9.88 Å². The van der Waals surface area contributed by atoms with Crippen molar-refractivity contribution in [3.63, 3.8) is 0 Å². The fourth-order valence-electron chi connectivity index (χ4n) is 2.54. The Bertz CT molecular complexity index is 891. The Morgan fingerprint density at radius 3 is 2.44 bits per heavy atom. The van der Waals surface area contributed by atoms with Gasteiger partial charge in [-0.2, -0.15) is 0 Å². The average molecular weight is 411 g/mol. The quantitative estimate of drug-likeness (QED) is 0.649. The fraction of sp³-hybridized carbons (Fsp3) is 0.333. The van der Waals surface area contributed by atoms with Crippen molar-refractivity contribution in [2.75, 3.05) is 6.61 Å². The molecule has 27 heavy (non-hydrogen) atoms. The van der Waals surface area contributed by atoms with Crippen LogP contribution in [-0.2, 0) is 19.6 Å². The lowest BCUT2D eigenvalue weighted by Crippen LogP contribution is -2.33. The molecule has 1 heterocycles. The van der Waals surface area contributed by atoms with Crippen molar-refractivity contribution in [3.05, 3.63) is 52.2 Å². The number of ether oxygens (including phenoxy) is 1. The van der Waals surface area contributed by atoms with Gasteiger partial charge in [0.1, 0.15) is 9.77 Å². The van der Waals surface area contributed by atoms with Crippen LogP contribution >= 0.6 is 11.3 Å². The number of esters is 1. The SMILES string of the molecule is CC(C)C[C@@H](NC(=O)COC(=O)c1sccc1S(N)(=O)=O)c1ccccc1. The molecule has 0 saturated carbocycles. The number of sulfonamides is 1. The molecule has 7 nitrogen and oxygen atoms in total. The predicted molar refractivity (Wildman–Crippen MR) is 103 cm³/mol. The monoisotopic (exact) mass is 410 g/mol. The van der Waals surface area contributed by atoms with Crippen LogP contribution in [0.25, 0.3) is 0 Å². The van der Waals surface area contributed by atoms with Crippen LogP contribution in [0.4, 0.5) is 0 Å². The first kappa shape index (κ1) is 21.1. The first-order chi connectivity index (χ1) is 12.7. The van der Waals surface area contributed by atoms with E-state index in [1.54, 1.807) is 0 Å². The molecule has 3 N–H and O–H groups in total. The van der Waals surface area contributed by atoms with E-state index in [2.05, 4.69) is 5.32 Å². The van der Waals surface area contributed by atoms with Crippen LogP contribution in [0.2, 0.25) is 0 Å². The van der Waals surface area contributed by atoms with E-state index in [-0.39, 0.29) is 15.8 Å². The van der Waals surface area contributed by atoms with Gasteiger partial charge in [0.25, 0.3) is 5.91 Å². The molecule has 1 atom stereocenters. The lowest BCUT2D eigenvalue weighted by atomic mass is 9.97. The summed E-state index contributed by atoms with van der Waals surface area (Å²) in [4.78, 5) is 23.9. The maximum atomic E-state index is 12.2. The Kier molecular flexibility index (Phi) is 7.11. The number of benzene rings is 1. The zero-order valence-electron chi connectivity index (χ0n) is 15.0. The smallest absolute Gasteiger partial charge is 0.350 e. The van der Waals surface area contributed by atoms with E-state index >= 15 is 0 Å². The van der Waals surface area contributed by atoms with Gasteiger partial charge >= 0.3 is 5.97 Å². The Hall–Kier alpha value is -2.23. The Balaban J connectivity index is 2.00. The number of nitrogens with one attached hydrogen (secondary N) is 1. The molecular weight excluding hydrogens is 388 g/mol. The molecule has 0 fully saturated rings. The third-order valence-electron chi connectivity index (χ3n) is 3.70. The number of carbonyl (C=O) groups excluding carboxylic acids is 2. The summed E-state index contributed by atoms with van der Waals surface area (Å²) in [5.74, 6) is -1.02. The normalized spacial score (nSPS) is 12.6. The van der Waals surface area contributed by atoms with Gasteiger partial charge in [0, 0.05) is 0 Å². The van der Waals surface area contributed by atoms with Crippen molar-refractivity contribution in [1.82, 2.24) is 5.32 Å². The van der Waals surface area contributed by atoms with Crippen LogP contribution in [0, 0.1) is 5.92 Å². The molecule has 0 unspecified atom stereocenters. The van der Waals surface area contributed by atoms with E-state index in [0.717, 1.165) is 23.3 Å². The maximum absolute atomic E-state index is 12.2. The van der Waals surface area contributed by atoms with Gasteiger partial charge in [0.05, 0.1) is 6.04 Å². The standard InChI is InChI=1S/C18H22N2O5S2/c1-12(2)10-14(13-6-4-3-5-7-13)20-16(21)11-25-18(22)17-15(8-9-26-17)27(19,23)24/h3-9,12,14H,10-11H2,1-2H3,(H,20,21)(H2,19,23,24)/t14-/m1/s1. The van der Waals surface area contributed by atoms with E-state index in [1.807, 2.05) is 44.2 Å². The summed E-state index contributed by atoms with van der Waals surface area (Å²) in [6.07, 6.45) is 0.726. The van der Waals surface area contributed by atoms with Gasteiger partial charge in [-0.25, -0.2) is 18.4 Å². The number of hydrogen-bond donors (Lipinski definition) is 2. The zero-order valence-corrected chi connectivity index (χ0v) is 16.7. The number of hydrogen-bond acceptors (Lipinski definition) is 6. The molecule has 2 aromatic rings. The molecule has 9 heteroatoms. The van der Waals surface area contributed by atoms with Crippen LogP contribution in [0.3, 0.4) is 0 Å². The van der Waals surface area contributed by atoms with Gasteiger partial charge in [0.2, 0.25) is 10.0 Å². The van der Waals surface area contributed by atoms with E-state index in [1.165, 1.54) is 11.4 Å². The largest absolute Gasteiger partial charge is 0.451 e. The topological polar surface area (TPSA) is 116 Å². The van der Waals surface area contributed by atoms with Crippen LogP contribution in [0.15, 0.2) is 46.7 Å². The molecule has 0 saturated heterocycles. The van der Waals surface area contributed by atoms with Crippen LogP contribution in [0.5, 0.6) is 0 Å². The average Bonchev–Trinajstić information content (AvgIpc) is 3.10. The second kappa shape index (κ2) is 9.12. The van der Waals surface area contributed by atoms with Gasteiger partial charge in [-0.05, 0) is 29.3 Å². The van der Waals surface area contributed by atoms with Crippen molar-refractivity contribution < 1.29 is 22.7 Å². The molecule has 0 aliphatic rings. The minimum absolute atomic E-state index is 0.146. The van der Waals surface area contributed by atoms with Gasteiger partial charge in [-0.3, -0.25) is 4.79 Å². The number of thiophene rings is 1. The second-order valence-electron chi connectivity index (χ2n) is 6.40. The highest BCUT2D eigenvalue weighted by Crippen LogP contribution is 2.22. The highest BCUT2D eigenvalue weighted by molar-refractivity contribution is 7.89. The molecule has 0 radical (unpaired) electrons. The number of amides is 1. The van der Waals surface area contributed by atoms with Crippen molar-refractivity contribution in [2.24, 2.45) is 11.1 Å². The van der Waals surface area contributed by atoms with Crippen molar-refractivity contribution in [2.45, 2.75) is 31.2 Å². The summed E-state index contributed by atoms with van der Waals surface area (Å²) in [5.41, 5.74) is 0.959. The summed E-state index contributed by atoms with van der Waals surface area (Å²) in [5, 5.41) is 9.34. The molecule has 0 spiro atoms. The Morgan fingerprint density at radius 2 is 1.85 bits per heavy atom. The van der Waals surface area contributed by atoms with Crippen molar-refractivity contribution >= 4 is 33.2 Å². The van der Waals surface area contributed by atoms with Gasteiger partial charge < -0.3 is 10.1 Å². The van der Waals surface area contributed by atoms with E-state index < -0.39 is 28.5 Å². The highest BCUT2D eigenvalue weighted by atomic mass is 32.2. The van der Waals surface area contributed by atoms with Gasteiger partial charge in [-0.15, -0.1) is 11.3 Å². The molecule has 2 rings (SSSR count). The Labute approximate surface area is 162 Å². The minimum atomic E-state index is -4.03. The highest BCUT2D eigenvalue weighted by Gasteiger charge is 2.23. The maximum Gasteiger partial charge on any atom is 0.350 e. The molecule has 0 bridgehead atoms. The number of carbonyl (C=O) groups is 2. The second-order valence-corrected chi connectivity index (χ2v) is 8.84. The summed E-state index contributed by atoms with van der Waals surface area (Å²) < 4.78 is 27.9. The summed E-state index contributed by atoms with van der Waals surface area (Å²) in [6.45, 7) is 3.59. The van der Waals surface area contributed by atoms with Crippen molar-refractivity contribution in [3.8, 4) is 0 Å². The first-order valence-corrected chi connectivity index (χ1v) is 10.7. The van der Waals surface area contributed by atoms with Gasteiger partial charge in [0.15, 0.2) is 6.61 Å². The summed E-state index contributed by atoms with van der Waals surface area (Å²) in [6, 6.07) is 10.5. The number of primary sulfonamides is 1. The van der Waals surface area contributed by atoms with E-state index in [0.29, 0.717) is 5.92 Å². The molecule has 1 aromatic carbocycles. The van der Waals surface area contributed by atoms with Crippen LogP contribution in [-0.4, -0.2) is 26.9 Å². The molecule has 0 aliphatic carbocycles. The fourth-order valence-corrected chi connectivity index (χ4v) is 4.40. The molecular formula is C18H22N2O5S2. The minimum Gasteiger partial charge on any atom is -0.451 e. The predicted octanol–water partition coefficient (Wildman–Crippen LogP) is 2.46. The molecule has 0 aliphatic heterocycles. The summed E-state index contributed by atoms with van der Waals surface area (Å²) in [7, 11) is -4.03. The Morgan fingerprint density at radius 1 is 1.19 bits per heavy atom. The van der Waals surface area contributed by atoms with Crippen molar-refractivity contribution in [1.29, 1.82) is 0 Å². The molecule has 146 valence electrons. The third kappa shape index (κ3) is 6.16. The van der Waals surface area contributed by atoms with E-state index in [9.17, 15) is 18.0 Å². The van der Waals surface area contributed by atoms with Crippen LogP contribution in [0.1, 0.15) is 41.5 Å². The lowest BCUT2D eigenvalue weighted by molar-refractivity contribution is -0.125. The van der Waals surface area contributed by atoms with Crippen LogP contribution < -0.4 is 10.5 Å². The molecule has 1 aromatic heterocycles. The number of nitrogens with two attached hydrogens (primary N) is 1. The first-order valence-electron chi connectivity index (χ1n) is 8.30. The zero-order chi connectivity index (χ0) is 20.0. The number of rotatable bonds is 8. The lowest BCUT2D eigenvalue weighted by Gasteiger charge is -2.21. The summed E-state index contributed by atoms with van der Waals surface area (Å²) >= 11 is 0.890. The molecule has 1 amide bonds. The van der Waals surface area contributed by atoms with Gasteiger partial charge in [-0.1, -0.05) is 44.2 Å². The third-order valence-corrected chi connectivity index (χ3v) is 5.68.